The summed E-state index contributed by atoms with van der Waals surface area (Å²) in [5.41, 5.74) is 1.01. The van der Waals surface area contributed by atoms with Crippen molar-refractivity contribution in [1.82, 2.24) is 0 Å². The van der Waals surface area contributed by atoms with Gasteiger partial charge in [-0.25, -0.2) is 8.42 Å². The van der Waals surface area contributed by atoms with Crippen LogP contribution in [-0.4, -0.2) is 29.2 Å². The molecule has 0 aliphatic carbocycles. The number of sulfonamides is 1. The van der Waals surface area contributed by atoms with Gasteiger partial charge in [0.2, 0.25) is 0 Å². The Labute approximate surface area is 222 Å². The van der Waals surface area contributed by atoms with Crippen LogP contribution >= 0.6 is 11.6 Å². The Morgan fingerprint density at radius 3 is 2.00 bits per heavy atom. The Balaban J connectivity index is 2.10. The van der Waals surface area contributed by atoms with E-state index < -0.39 is 10.0 Å². The first kappa shape index (κ1) is 30.1. The maximum atomic E-state index is 13.4. The molecule has 0 heterocycles. The van der Waals surface area contributed by atoms with Crippen LogP contribution in [0.15, 0.2) is 35.2 Å². The van der Waals surface area contributed by atoms with Gasteiger partial charge in [-0.2, -0.15) is 0 Å². The van der Waals surface area contributed by atoms with Crippen molar-refractivity contribution in [3.8, 4) is 17.2 Å². The van der Waals surface area contributed by atoms with E-state index in [1.54, 1.807) is 12.1 Å². The quantitative estimate of drug-likeness (QED) is 0.194. The second-order valence-electron chi connectivity index (χ2n) is 8.93. The van der Waals surface area contributed by atoms with Crippen molar-refractivity contribution >= 4 is 27.3 Å². The van der Waals surface area contributed by atoms with Crippen LogP contribution in [0, 0.1) is 0 Å². The summed E-state index contributed by atoms with van der Waals surface area (Å²) < 4.78 is 45.8. The molecular weight excluding hydrogens is 498 g/mol. The highest BCUT2D eigenvalue weighted by molar-refractivity contribution is 7.92. The van der Waals surface area contributed by atoms with Crippen molar-refractivity contribution in [3.63, 3.8) is 0 Å². The molecule has 0 aliphatic heterocycles. The zero-order valence-corrected chi connectivity index (χ0v) is 23.8. The van der Waals surface area contributed by atoms with Gasteiger partial charge >= 0.3 is 0 Å². The SMILES string of the molecule is CCCCCCCCCCCCc1cc(OCC)ccc1S(=O)(=O)Nc1cc(OC)c(Cl)cc1OC. The molecule has 0 saturated carbocycles. The van der Waals surface area contributed by atoms with Gasteiger partial charge in [-0.1, -0.05) is 76.3 Å². The van der Waals surface area contributed by atoms with Crippen LogP contribution in [0.1, 0.15) is 83.6 Å². The molecule has 8 heteroatoms. The number of nitrogens with one attached hydrogen (secondary N) is 1. The number of benzene rings is 2. The summed E-state index contributed by atoms with van der Waals surface area (Å²) in [6, 6.07) is 8.19. The second-order valence-corrected chi connectivity index (χ2v) is 11.0. The van der Waals surface area contributed by atoms with E-state index in [9.17, 15) is 8.42 Å². The Morgan fingerprint density at radius 1 is 0.806 bits per heavy atom. The number of aryl methyl sites for hydroxylation is 1. The van der Waals surface area contributed by atoms with E-state index in [0.717, 1.165) is 18.4 Å². The molecule has 0 bridgehead atoms. The fraction of sp³-hybridized carbons (Fsp3) is 0.571. The lowest BCUT2D eigenvalue weighted by atomic mass is 10.0. The topological polar surface area (TPSA) is 73.9 Å². The number of methoxy groups -OCH3 is 2. The van der Waals surface area contributed by atoms with Gasteiger partial charge in [0.15, 0.2) is 0 Å². The van der Waals surface area contributed by atoms with E-state index >= 15 is 0 Å². The van der Waals surface area contributed by atoms with Crippen molar-refractivity contribution in [2.24, 2.45) is 0 Å². The highest BCUT2D eigenvalue weighted by Crippen LogP contribution is 2.37. The molecule has 0 atom stereocenters. The van der Waals surface area contributed by atoms with Gasteiger partial charge in [0.25, 0.3) is 10.0 Å². The number of hydrogen-bond acceptors (Lipinski definition) is 5. The molecule has 0 saturated heterocycles. The third-order valence-electron chi connectivity index (χ3n) is 6.15. The van der Waals surface area contributed by atoms with Gasteiger partial charge in [0, 0.05) is 12.1 Å². The third kappa shape index (κ3) is 9.40. The molecule has 202 valence electrons. The average molecular weight is 540 g/mol. The Kier molecular flexibility index (Phi) is 13.3. The number of rotatable bonds is 18. The molecule has 0 aliphatic rings. The maximum Gasteiger partial charge on any atom is 0.262 e. The largest absolute Gasteiger partial charge is 0.495 e. The minimum atomic E-state index is -3.89. The van der Waals surface area contributed by atoms with Gasteiger partial charge in [0.05, 0.1) is 36.4 Å². The lowest BCUT2D eigenvalue weighted by Crippen LogP contribution is -2.16. The Hall–Kier alpha value is -2.12. The van der Waals surface area contributed by atoms with Gasteiger partial charge in [0.1, 0.15) is 17.2 Å². The smallest absolute Gasteiger partial charge is 0.262 e. The predicted molar refractivity (Wildman–Crippen MR) is 149 cm³/mol. The van der Waals surface area contributed by atoms with Gasteiger partial charge in [-0.15, -0.1) is 0 Å². The molecule has 0 amide bonds. The van der Waals surface area contributed by atoms with Crippen LogP contribution in [0.2, 0.25) is 5.02 Å². The summed E-state index contributed by atoms with van der Waals surface area (Å²) in [6.45, 7) is 4.67. The minimum Gasteiger partial charge on any atom is -0.495 e. The van der Waals surface area contributed by atoms with E-state index in [0.29, 0.717) is 35.3 Å². The van der Waals surface area contributed by atoms with Crippen molar-refractivity contribution in [2.45, 2.75) is 89.4 Å². The van der Waals surface area contributed by atoms with E-state index in [4.69, 9.17) is 25.8 Å². The van der Waals surface area contributed by atoms with Crippen LogP contribution in [-0.2, 0) is 16.4 Å². The summed E-state index contributed by atoms with van der Waals surface area (Å²) in [6.07, 6.45) is 12.9. The zero-order valence-electron chi connectivity index (χ0n) is 22.2. The molecule has 2 aromatic carbocycles. The van der Waals surface area contributed by atoms with Crippen LogP contribution in [0.5, 0.6) is 17.2 Å². The Morgan fingerprint density at radius 2 is 1.42 bits per heavy atom. The first-order chi connectivity index (χ1) is 17.4. The van der Waals surface area contributed by atoms with Gasteiger partial charge in [-0.05, 0) is 43.5 Å². The van der Waals surface area contributed by atoms with Gasteiger partial charge in [-0.3, -0.25) is 4.72 Å². The molecule has 0 aromatic heterocycles. The minimum absolute atomic E-state index is 0.234. The van der Waals surface area contributed by atoms with E-state index in [1.165, 1.54) is 77.7 Å². The third-order valence-corrected chi connectivity index (χ3v) is 7.91. The lowest BCUT2D eigenvalue weighted by Gasteiger charge is -2.17. The fourth-order valence-corrected chi connectivity index (χ4v) is 5.76. The summed E-state index contributed by atoms with van der Waals surface area (Å²) in [5.74, 6) is 1.34. The van der Waals surface area contributed by atoms with E-state index in [2.05, 4.69) is 11.6 Å². The molecule has 0 radical (unpaired) electrons. The average Bonchev–Trinajstić information content (AvgIpc) is 2.86. The Bertz CT molecular complexity index is 1040. The van der Waals surface area contributed by atoms with Crippen molar-refractivity contribution in [1.29, 1.82) is 0 Å². The number of ether oxygens (including phenoxy) is 3. The predicted octanol–water partition coefficient (Wildman–Crippen LogP) is 8.02. The van der Waals surface area contributed by atoms with Crippen LogP contribution in [0.25, 0.3) is 0 Å². The number of unbranched alkanes of at least 4 members (excludes halogenated alkanes) is 9. The highest BCUT2D eigenvalue weighted by atomic mass is 35.5. The zero-order chi connectivity index (χ0) is 26.4. The number of anilines is 1. The summed E-state index contributed by atoms with van der Waals surface area (Å²) in [7, 11) is -0.956. The lowest BCUT2D eigenvalue weighted by molar-refractivity contribution is 0.339. The first-order valence-electron chi connectivity index (χ1n) is 13.1. The maximum absolute atomic E-state index is 13.4. The van der Waals surface area contributed by atoms with Crippen molar-refractivity contribution in [3.05, 3.63) is 40.9 Å². The molecule has 2 aromatic rings. The van der Waals surface area contributed by atoms with Crippen LogP contribution in [0.4, 0.5) is 5.69 Å². The summed E-state index contributed by atoms with van der Waals surface area (Å²) >= 11 is 6.18. The highest BCUT2D eigenvalue weighted by Gasteiger charge is 2.22. The van der Waals surface area contributed by atoms with E-state index in [-0.39, 0.29) is 10.6 Å². The molecule has 0 fully saturated rings. The molecule has 2 rings (SSSR count). The normalized spacial score (nSPS) is 11.4. The van der Waals surface area contributed by atoms with Crippen molar-refractivity contribution in [2.75, 3.05) is 25.5 Å². The van der Waals surface area contributed by atoms with Crippen molar-refractivity contribution < 1.29 is 22.6 Å². The molecule has 0 unspecified atom stereocenters. The molecular formula is C28H42ClNO5S. The number of halogens is 1. The van der Waals surface area contributed by atoms with E-state index in [1.807, 2.05) is 13.0 Å². The van der Waals surface area contributed by atoms with Gasteiger partial charge < -0.3 is 14.2 Å². The number of hydrogen-bond donors (Lipinski definition) is 1. The fourth-order valence-electron chi connectivity index (χ4n) is 4.21. The summed E-state index contributed by atoms with van der Waals surface area (Å²) in [4.78, 5) is 0.234. The van der Waals surface area contributed by atoms with Crippen LogP contribution in [0.3, 0.4) is 0 Å². The molecule has 1 N–H and O–H groups in total. The monoisotopic (exact) mass is 539 g/mol. The summed E-state index contributed by atoms with van der Waals surface area (Å²) in [5, 5.41) is 0.333. The molecule has 6 nitrogen and oxygen atoms in total. The standard InChI is InChI=1S/C28H42ClNO5S/c1-5-7-8-9-10-11-12-13-14-15-16-22-19-23(35-6-2)17-18-28(22)36(31,32)30-25-21-26(33-3)24(29)20-27(25)34-4/h17-21,30H,5-16H2,1-4H3. The molecule has 0 spiro atoms. The second kappa shape index (κ2) is 15.9. The first-order valence-corrected chi connectivity index (χ1v) is 14.9. The molecule has 36 heavy (non-hydrogen) atoms. The van der Waals surface area contributed by atoms with Crippen LogP contribution < -0.4 is 18.9 Å².